The van der Waals surface area contributed by atoms with Crippen LogP contribution in [0.3, 0.4) is 0 Å². The van der Waals surface area contributed by atoms with Crippen molar-refractivity contribution >= 4 is 0 Å². The molecular formula is HNa4O+3. The van der Waals surface area contributed by atoms with E-state index in [4.69, 9.17) is 0 Å². The third-order valence-electron chi connectivity index (χ3n) is 0. The van der Waals surface area contributed by atoms with Gasteiger partial charge in [0, 0.05) is 0 Å². The normalized spacial score (nSPS) is 0. The Bertz CT molecular complexity index is 3.61. The van der Waals surface area contributed by atoms with Gasteiger partial charge in [0.2, 0.25) is 0 Å². The fraction of sp³-hybridized carbons (Fsp3) is 0. The van der Waals surface area contributed by atoms with E-state index >= 15 is 0 Å². The molecule has 0 aromatic carbocycles. The van der Waals surface area contributed by atoms with Crippen LogP contribution in [-0.2, 0) is 0 Å². The molecule has 1 N–H and O–H groups in total. The SMILES string of the molecule is [Na+].[Na+].[Na+].[Na+].[OH-]. The predicted molar refractivity (Wildman–Crippen MR) is 1.94 cm³/mol. The third-order valence-corrected chi connectivity index (χ3v) is 0. The Balaban J connectivity index is 0. The Hall–Kier alpha value is 3.96. The summed E-state index contributed by atoms with van der Waals surface area (Å²) in [6.07, 6.45) is 0. The molecule has 0 spiro atoms. The predicted octanol–water partition coefficient (Wildman–Crippen LogP) is -12.2. The molecule has 5 heavy (non-hydrogen) atoms. The summed E-state index contributed by atoms with van der Waals surface area (Å²) in [5.41, 5.74) is 0. The number of hydrogen-bond acceptors (Lipinski definition) is 1. The van der Waals surface area contributed by atoms with Crippen molar-refractivity contribution in [3.8, 4) is 0 Å². The minimum absolute atomic E-state index is 0. The zero-order valence-corrected chi connectivity index (χ0v) is 12.4. The van der Waals surface area contributed by atoms with Crippen LogP contribution < -0.4 is 118 Å². The molecule has 0 heterocycles. The molecule has 0 radical (unpaired) electrons. The summed E-state index contributed by atoms with van der Waals surface area (Å²) in [6, 6.07) is 0. The van der Waals surface area contributed by atoms with Gasteiger partial charge in [0.15, 0.2) is 0 Å². The summed E-state index contributed by atoms with van der Waals surface area (Å²) in [7, 11) is 0. The van der Waals surface area contributed by atoms with E-state index in [2.05, 4.69) is 0 Å². The third kappa shape index (κ3) is 18.0. The van der Waals surface area contributed by atoms with Gasteiger partial charge in [0.05, 0.1) is 0 Å². The molecule has 0 aliphatic rings. The van der Waals surface area contributed by atoms with E-state index in [1.807, 2.05) is 0 Å². The van der Waals surface area contributed by atoms with Crippen molar-refractivity contribution in [1.29, 1.82) is 0 Å². The second-order valence-electron chi connectivity index (χ2n) is 0. The summed E-state index contributed by atoms with van der Waals surface area (Å²) < 4.78 is 0. The zero-order chi connectivity index (χ0) is 0. The molecule has 0 aromatic rings. The Morgan fingerprint density at radius 3 is 0.400 bits per heavy atom. The van der Waals surface area contributed by atoms with Gasteiger partial charge in [0.1, 0.15) is 0 Å². The molecule has 0 fully saturated rings. The fourth-order valence-corrected chi connectivity index (χ4v) is 0. The quantitative estimate of drug-likeness (QED) is 0.284. The molecule has 0 unspecified atom stereocenters. The van der Waals surface area contributed by atoms with Gasteiger partial charge in [-0.2, -0.15) is 0 Å². The second-order valence-corrected chi connectivity index (χ2v) is 0. The zero-order valence-electron chi connectivity index (χ0n) is 4.45. The van der Waals surface area contributed by atoms with Crippen LogP contribution in [0.4, 0.5) is 0 Å². The van der Waals surface area contributed by atoms with Crippen LogP contribution in [0.5, 0.6) is 0 Å². The first kappa shape index (κ1) is 36.2. The second kappa shape index (κ2) is 24.6. The molecule has 0 aliphatic heterocycles. The molecule has 0 saturated heterocycles. The smallest absolute Gasteiger partial charge is 0.870 e. The standard InChI is InChI=1S/4Na.H2O/h;;;;1H2/q4*+1;/p-1. The topological polar surface area (TPSA) is 30.0 Å². The van der Waals surface area contributed by atoms with Crippen molar-refractivity contribution in [1.82, 2.24) is 0 Å². The van der Waals surface area contributed by atoms with E-state index in [0.29, 0.717) is 0 Å². The van der Waals surface area contributed by atoms with E-state index in [1.165, 1.54) is 0 Å². The minimum Gasteiger partial charge on any atom is -0.870 e. The first-order valence-corrected chi connectivity index (χ1v) is 0. The van der Waals surface area contributed by atoms with E-state index in [1.54, 1.807) is 0 Å². The Kier molecular flexibility index (Phi) is 178. The molecular weight excluding hydrogens is 108 g/mol. The van der Waals surface area contributed by atoms with Crippen LogP contribution in [0.15, 0.2) is 0 Å². The van der Waals surface area contributed by atoms with Crippen LogP contribution >= 0.6 is 0 Å². The van der Waals surface area contributed by atoms with E-state index in [0.717, 1.165) is 0 Å². The largest absolute Gasteiger partial charge is 1.00 e. The minimum atomic E-state index is 0. The maximum Gasteiger partial charge on any atom is 1.00 e. The molecule has 0 amide bonds. The monoisotopic (exact) mass is 109 g/mol. The van der Waals surface area contributed by atoms with Gasteiger partial charge in [-0.3, -0.25) is 0 Å². The van der Waals surface area contributed by atoms with Crippen molar-refractivity contribution < 1.29 is 124 Å². The van der Waals surface area contributed by atoms with Crippen LogP contribution in [0.2, 0.25) is 0 Å². The molecule has 0 saturated carbocycles. The number of hydrogen-bond donors (Lipinski definition) is 0. The average Bonchev–Trinajstić information content (AvgIpc) is 0. The maximum atomic E-state index is 0. The van der Waals surface area contributed by atoms with Crippen molar-refractivity contribution in [3.63, 3.8) is 0 Å². The molecule has 8 valence electrons. The summed E-state index contributed by atoms with van der Waals surface area (Å²) in [5.74, 6) is 0. The van der Waals surface area contributed by atoms with Crippen molar-refractivity contribution in [2.75, 3.05) is 0 Å². The van der Waals surface area contributed by atoms with Crippen molar-refractivity contribution in [2.24, 2.45) is 0 Å². The van der Waals surface area contributed by atoms with Crippen LogP contribution in [0.1, 0.15) is 0 Å². The molecule has 0 atom stereocenters. The van der Waals surface area contributed by atoms with Gasteiger partial charge < -0.3 is 5.48 Å². The van der Waals surface area contributed by atoms with Gasteiger partial charge >= 0.3 is 118 Å². The Morgan fingerprint density at radius 2 is 0.400 bits per heavy atom. The average molecular weight is 109 g/mol. The van der Waals surface area contributed by atoms with Gasteiger partial charge in [0.25, 0.3) is 0 Å². The molecule has 0 aliphatic carbocycles. The summed E-state index contributed by atoms with van der Waals surface area (Å²) in [6.45, 7) is 0. The van der Waals surface area contributed by atoms with Gasteiger partial charge in [-0.25, -0.2) is 0 Å². The summed E-state index contributed by atoms with van der Waals surface area (Å²) in [4.78, 5) is 0. The molecule has 0 rings (SSSR count). The van der Waals surface area contributed by atoms with Crippen molar-refractivity contribution in [2.45, 2.75) is 0 Å². The first-order valence-electron chi connectivity index (χ1n) is 0. The molecule has 1 nitrogen and oxygen atoms in total. The van der Waals surface area contributed by atoms with Gasteiger partial charge in [-0.1, -0.05) is 0 Å². The van der Waals surface area contributed by atoms with Crippen molar-refractivity contribution in [3.05, 3.63) is 0 Å². The van der Waals surface area contributed by atoms with Crippen LogP contribution in [0.25, 0.3) is 0 Å². The van der Waals surface area contributed by atoms with E-state index in [9.17, 15) is 0 Å². The van der Waals surface area contributed by atoms with Crippen LogP contribution in [-0.4, -0.2) is 5.48 Å². The van der Waals surface area contributed by atoms with Gasteiger partial charge in [-0.05, 0) is 0 Å². The summed E-state index contributed by atoms with van der Waals surface area (Å²) in [5, 5.41) is 0. The Labute approximate surface area is 121 Å². The van der Waals surface area contributed by atoms with Gasteiger partial charge in [-0.15, -0.1) is 0 Å². The Morgan fingerprint density at radius 1 is 0.400 bits per heavy atom. The van der Waals surface area contributed by atoms with E-state index in [-0.39, 0.29) is 124 Å². The fourth-order valence-electron chi connectivity index (χ4n) is 0. The van der Waals surface area contributed by atoms with Crippen LogP contribution in [0, 0.1) is 0 Å². The molecule has 0 aromatic heterocycles. The summed E-state index contributed by atoms with van der Waals surface area (Å²) >= 11 is 0. The number of rotatable bonds is 0. The molecule has 5 heteroatoms. The van der Waals surface area contributed by atoms with E-state index < -0.39 is 0 Å². The maximum absolute atomic E-state index is 0. The first-order chi connectivity index (χ1) is 0. The molecule has 0 bridgehead atoms.